The predicted molar refractivity (Wildman–Crippen MR) is 59.8 cm³/mol. The van der Waals surface area contributed by atoms with Crippen LogP contribution in [0.15, 0.2) is 24.3 Å². The van der Waals surface area contributed by atoms with Crippen molar-refractivity contribution in [3.63, 3.8) is 0 Å². The molecule has 92 valence electrons. The summed E-state index contributed by atoms with van der Waals surface area (Å²) >= 11 is 0. The molecule has 1 saturated heterocycles. The van der Waals surface area contributed by atoms with Crippen LogP contribution in [0, 0.1) is 0 Å². The zero-order valence-electron chi connectivity index (χ0n) is 9.20. The maximum atomic E-state index is 13.2. The van der Waals surface area contributed by atoms with E-state index in [4.69, 9.17) is 5.11 Å². The fraction of sp³-hybridized carbons (Fsp3) is 0.417. The van der Waals surface area contributed by atoms with Crippen LogP contribution < -0.4 is 4.90 Å². The lowest BCUT2D eigenvalue weighted by Crippen LogP contribution is -2.42. The second kappa shape index (κ2) is 4.31. The molecule has 1 aromatic rings. The molecular formula is C12H13F2NO2. The average Bonchev–Trinajstić information content (AvgIpc) is 2.28. The topological polar surface area (TPSA) is 40.5 Å². The van der Waals surface area contributed by atoms with Crippen molar-refractivity contribution in [2.75, 3.05) is 18.0 Å². The van der Waals surface area contributed by atoms with E-state index in [-0.39, 0.29) is 18.5 Å². The van der Waals surface area contributed by atoms with E-state index in [0.29, 0.717) is 18.7 Å². The number of aromatic carboxylic acids is 1. The Morgan fingerprint density at radius 1 is 1.29 bits per heavy atom. The van der Waals surface area contributed by atoms with Gasteiger partial charge in [0.05, 0.1) is 12.1 Å². The summed E-state index contributed by atoms with van der Waals surface area (Å²) in [6.07, 6.45) is 0.379. The molecule has 1 N–H and O–H groups in total. The van der Waals surface area contributed by atoms with Gasteiger partial charge in [-0.3, -0.25) is 0 Å². The lowest BCUT2D eigenvalue weighted by molar-refractivity contribution is -0.0116. The van der Waals surface area contributed by atoms with Gasteiger partial charge < -0.3 is 10.0 Å². The van der Waals surface area contributed by atoms with Gasteiger partial charge in [0.2, 0.25) is 0 Å². The molecule has 2 rings (SSSR count). The molecule has 1 aromatic carbocycles. The van der Waals surface area contributed by atoms with Crippen molar-refractivity contribution in [1.29, 1.82) is 0 Å². The molecule has 3 nitrogen and oxygen atoms in total. The third-order valence-corrected chi connectivity index (χ3v) is 2.87. The number of halogens is 2. The van der Waals surface area contributed by atoms with Crippen LogP contribution in [-0.2, 0) is 0 Å². The molecule has 0 aliphatic carbocycles. The monoisotopic (exact) mass is 241 g/mol. The van der Waals surface area contributed by atoms with Crippen LogP contribution in [0.2, 0.25) is 0 Å². The fourth-order valence-corrected chi connectivity index (χ4v) is 2.00. The summed E-state index contributed by atoms with van der Waals surface area (Å²) in [5, 5.41) is 8.74. The molecular weight excluding hydrogens is 228 g/mol. The summed E-state index contributed by atoms with van der Waals surface area (Å²) in [4.78, 5) is 12.3. The number of piperidine rings is 1. The SMILES string of the molecule is O=C(O)c1ccc(N2CCCC(F)(F)C2)cc1. The third kappa shape index (κ3) is 2.72. The van der Waals surface area contributed by atoms with Crippen molar-refractivity contribution >= 4 is 11.7 Å². The minimum Gasteiger partial charge on any atom is -0.478 e. The first-order valence-corrected chi connectivity index (χ1v) is 5.44. The summed E-state index contributed by atoms with van der Waals surface area (Å²) in [6.45, 7) is 0.293. The van der Waals surface area contributed by atoms with Gasteiger partial charge in [-0.1, -0.05) is 0 Å². The number of anilines is 1. The molecule has 0 atom stereocenters. The number of carboxylic acids is 1. The van der Waals surface area contributed by atoms with E-state index in [1.54, 1.807) is 17.0 Å². The first-order chi connectivity index (χ1) is 7.98. The maximum absolute atomic E-state index is 13.2. The van der Waals surface area contributed by atoms with Gasteiger partial charge in [0, 0.05) is 18.7 Å². The molecule has 5 heteroatoms. The Kier molecular flexibility index (Phi) is 3.00. The van der Waals surface area contributed by atoms with Gasteiger partial charge in [-0.2, -0.15) is 0 Å². The molecule has 0 aromatic heterocycles. The molecule has 0 bridgehead atoms. The molecule has 0 radical (unpaired) electrons. The van der Waals surface area contributed by atoms with Crippen molar-refractivity contribution in [1.82, 2.24) is 0 Å². The molecule has 1 fully saturated rings. The highest BCUT2D eigenvalue weighted by Gasteiger charge is 2.35. The lowest BCUT2D eigenvalue weighted by Gasteiger charge is -2.34. The lowest BCUT2D eigenvalue weighted by atomic mass is 10.1. The van der Waals surface area contributed by atoms with Crippen LogP contribution in [0.1, 0.15) is 23.2 Å². The Hall–Kier alpha value is -1.65. The highest BCUT2D eigenvalue weighted by molar-refractivity contribution is 5.88. The van der Waals surface area contributed by atoms with E-state index >= 15 is 0 Å². The zero-order chi connectivity index (χ0) is 12.5. The smallest absolute Gasteiger partial charge is 0.335 e. The molecule has 17 heavy (non-hydrogen) atoms. The van der Waals surface area contributed by atoms with Gasteiger partial charge in [0.15, 0.2) is 0 Å². The highest BCUT2D eigenvalue weighted by Crippen LogP contribution is 2.29. The van der Waals surface area contributed by atoms with Gasteiger partial charge in [-0.15, -0.1) is 0 Å². The largest absolute Gasteiger partial charge is 0.478 e. The number of alkyl halides is 2. The van der Waals surface area contributed by atoms with E-state index in [0.717, 1.165) is 0 Å². The van der Waals surface area contributed by atoms with Crippen LogP contribution in [0.5, 0.6) is 0 Å². The number of rotatable bonds is 2. The Morgan fingerprint density at radius 2 is 1.94 bits per heavy atom. The zero-order valence-corrected chi connectivity index (χ0v) is 9.20. The number of carboxylic acid groups (broad SMARTS) is 1. The Balaban J connectivity index is 2.14. The number of benzene rings is 1. The highest BCUT2D eigenvalue weighted by atomic mass is 19.3. The molecule has 0 saturated carbocycles. The molecule has 1 aliphatic heterocycles. The van der Waals surface area contributed by atoms with Gasteiger partial charge in [0.25, 0.3) is 5.92 Å². The van der Waals surface area contributed by atoms with Crippen LogP contribution in [-0.4, -0.2) is 30.1 Å². The van der Waals surface area contributed by atoms with Crippen molar-refractivity contribution in [2.45, 2.75) is 18.8 Å². The van der Waals surface area contributed by atoms with Crippen LogP contribution >= 0.6 is 0 Å². The van der Waals surface area contributed by atoms with E-state index in [1.807, 2.05) is 0 Å². The maximum Gasteiger partial charge on any atom is 0.335 e. The van der Waals surface area contributed by atoms with Crippen molar-refractivity contribution < 1.29 is 18.7 Å². The number of carbonyl (C=O) groups is 1. The standard InChI is InChI=1S/C12H13F2NO2/c13-12(14)6-1-7-15(8-12)10-4-2-9(3-5-10)11(16)17/h2-5H,1,6-8H2,(H,16,17). The number of hydrogen-bond donors (Lipinski definition) is 1. The van der Waals surface area contributed by atoms with Crippen molar-refractivity contribution in [2.24, 2.45) is 0 Å². The Labute approximate surface area is 97.7 Å². The van der Waals surface area contributed by atoms with Crippen molar-refractivity contribution in [3.05, 3.63) is 29.8 Å². The minimum absolute atomic E-state index is 0.0727. The molecule has 0 spiro atoms. The van der Waals surface area contributed by atoms with Gasteiger partial charge in [-0.05, 0) is 30.7 Å². The minimum atomic E-state index is -2.65. The summed E-state index contributed by atoms with van der Waals surface area (Å²) in [5.41, 5.74) is 0.812. The fourth-order valence-electron chi connectivity index (χ4n) is 2.00. The van der Waals surface area contributed by atoms with Gasteiger partial charge in [0.1, 0.15) is 0 Å². The van der Waals surface area contributed by atoms with Gasteiger partial charge in [-0.25, -0.2) is 13.6 Å². The molecule has 1 heterocycles. The average molecular weight is 241 g/mol. The summed E-state index contributed by atoms with van der Waals surface area (Å²) < 4.78 is 26.4. The summed E-state index contributed by atoms with van der Waals surface area (Å²) in [7, 11) is 0. The molecule has 0 amide bonds. The first-order valence-electron chi connectivity index (χ1n) is 5.44. The van der Waals surface area contributed by atoms with E-state index in [1.165, 1.54) is 12.1 Å². The quantitative estimate of drug-likeness (QED) is 0.865. The third-order valence-electron chi connectivity index (χ3n) is 2.87. The number of hydrogen-bond acceptors (Lipinski definition) is 2. The Bertz CT molecular complexity index is 417. The first kappa shape index (κ1) is 11.8. The normalized spacial score (nSPS) is 19.1. The van der Waals surface area contributed by atoms with E-state index in [9.17, 15) is 13.6 Å². The molecule has 1 aliphatic rings. The van der Waals surface area contributed by atoms with Gasteiger partial charge >= 0.3 is 5.97 Å². The summed E-state index contributed by atoms with van der Waals surface area (Å²) in [5.74, 6) is -3.66. The van der Waals surface area contributed by atoms with Crippen LogP contribution in [0.25, 0.3) is 0 Å². The number of nitrogens with zero attached hydrogens (tertiary/aromatic N) is 1. The van der Waals surface area contributed by atoms with Crippen molar-refractivity contribution in [3.8, 4) is 0 Å². The van der Waals surface area contributed by atoms with Crippen LogP contribution in [0.3, 0.4) is 0 Å². The predicted octanol–water partition coefficient (Wildman–Crippen LogP) is 2.62. The van der Waals surface area contributed by atoms with E-state index in [2.05, 4.69) is 0 Å². The summed E-state index contributed by atoms with van der Waals surface area (Å²) in [6, 6.07) is 6.02. The Morgan fingerprint density at radius 3 is 2.47 bits per heavy atom. The molecule has 0 unspecified atom stereocenters. The second-order valence-corrected chi connectivity index (χ2v) is 4.23. The van der Waals surface area contributed by atoms with E-state index < -0.39 is 11.9 Å². The second-order valence-electron chi connectivity index (χ2n) is 4.23. The van der Waals surface area contributed by atoms with Crippen LogP contribution in [0.4, 0.5) is 14.5 Å².